The van der Waals surface area contributed by atoms with Gasteiger partial charge in [0.05, 0.1) is 18.6 Å². The van der Waals surface area contributed by atoms with E-state index in [0.29, 0.717) is 11.1 Å². The van der Waals surface area contributed by atoms with Crippen LogP contribution >= 0.6 is 0 Å². The molecule has 0 heterocycles. The second-order valence-electron chi connectivity index (χ2n) is 3.63. The van der Waals surface area contributed by atoms with Crippen molar-refractivity contribution in [3.63, 3.8) is 0 Å². The topological polar surface area (TPSA) is 43.4 Å². The van der Waals surface area contributed by atoms with Gasteiger partial charge in [0.1, 0.15) is 5.94 Å². The first-order valence-electron chi connectivity index (χ1n) is 5.00. The molecule has 1 unspecified atom stereocenters. The van der Waals surface area contributed by atoms with Crippen LogP contribution in [0, 0.1) is 12.8 Å². The van der Waals surface area contributed by atoms with Crippen molar-refractivity contribution in [1.29, 1.82) is 0 Å². The first-order valence-corrected chi connectivity index (χ1v) is 5.00. The van der Waals surface area contributed by atoms with Crippen LogP contribution in [0.4, 0.5) is 0 Å². The highest BCUT2D eigenvalue weighted by Crippen LogP contribution is 2.21. The quantitative estimate of drug-likeness (QED) is 0.576. The lowest BCUT2D eigenvalue weighted by atomic mass is 9.95. The lowest BCUT2D eigenvalue weighted by molar-refractivity contribution is -0.142. The van der Waals surface area contributed by atoms with Crippen LogP contribution in [0.15, 0.2) is 24.3 Å². The minimum Gasteiger partial charge on any atom is -0.469 e. The van der Waals surface area contributed by atoms with Crippen LogP contribution < -0.4 is 0 Å². The van der Waals surface area contributed by atoms with Crippen molar-refractivity contribution in [2.75, 3.05) is 7.11 Å². The minimum absolute atomic E-state index is 0.326. The number of aryl methyl sites for hydroxylation is 1. The molecule has 0 aliphatic heterocycles. The van der Waals surface area contributed by atoms with Crippen LogP contribution in [0.3, 0.4) is 0 Å². The van der Waals surface area contributed by atoms with E-state index in [1.54, 1.807) is 19.1 Å². The summed E-state index contributed by atoms with van der Waals surface area (Å²) in [5, 5.41) is 0. The summed E-state index contributed by atoms with van der Waals surface area (Å²) in [6.07, 6.45) is 0. The number of rotatable bonds is 3. The molecule has 0 radical (unpaired) electrons. The molecule has 0 aromatic heterocycles. The van der Waals surface area contributed by atoms with E-state index in [1.807, 2.05) is 25.0 Å². The van der Waals surface area contributed by atoms with Gasteiger partial charge in [0.25, 0.3) is 0 Å². The molecular formula is C13H14O3. The fourth-order valence-corrected chi connectivity index (χ4v) is 1.43. The second-order valence-corrected chi connectivity index (χ2v) is 3.63. The van der Waals surface area contributed by atoms with Gasteiger partial charge in [-0.15, -0.1) is 0 Å². The largest absolute Gasteiger partial charge is 0.469 e. The molecule has 1 aromatic rings. The molecule has 0 amide bonds. The summed E-state index contributed by atoms with van der Waals surface area (Å²) in [6, 6.07) is 7.37. The first kappa shape index (κ1) is 12.2. The fraction of sp³-hybridized carbons (Fsp3) is 0.308. The van der Waals surface area contributed by atoms with Crippen LogP contribution in [0.5, 0.6) is 0 Å². The van der Waals surface area contributed by atoms with Crippen molar-refractivity contribution in [2.24, 2.45) is 5.92 Å². The number of carbonyl (C=O) groups is 1. The third kappa shape index (κ3) is 2.59. The molecule has 1 rings (SSSR count). The fourth-order valence-electron chi connectivity index (χ4n) is 1.43. The van der Waals surface area contributed by atoms with Gasteiger partial charge >= 0.3 is 5.97 Å². The molecule has 1 aromatic carbocycles. The van der Waals surface area contributed by atoms with Crippen molar-refractivity contribution in [2.45, 2.75) is 13.8 Å². The molecule has 3 heteroatoms. The summed E-state index contributed by atoms with van der Waals surface area (Å²) in [5.74, 6) is 0.795. The van der Waals surface area contributed by atoms with Crippen LogP contribution in [0.25, 0.3) is 5.57 Å². The molecule has 0 bridgehead atoms. The number of ether oxygens (including phenoxy) is 1. The van der Waals surface area contributed by atoms with Crippen LogP contribution in [-0.4, -0.2) is 19.0 Å². The van der Waals surface area contributed by atoms with Crippen LogP contribution in [0.1, 0.15) is 18.1 Å². The van der Waals surface area contributed by atoms with Crippen LogP contribution in [0.2, 0.25) is 0 Å². The third-order valence-electron chi connectivity index (χ3n) is 2.46. The Morgan fingerprint density at radius 1 is 1.31 bits per heavy atom. The number of methoxy groups -OCH3 is 1. The summed E-state index contributed by atoms with van der Waals surface area (Å²) in [5.41, 5.74) is 2.13. The average molecular weight is 218 g/mol. The number of hydrogen-bond donors (Lipinski definition) is 0. The number of esters is 1. The Bertz CT molecular complexity index is 425. The van der Waals surface area contributed by atoms with Crippen molar-refractivity contribution in [3.8, 4) is 0 Å². The number of carbonyl (C=O) groups excluding carboxylic acids is 2. The van der Waals surface area contributed by atoms with Gasteiger partial charge < -0.3 is 4.74 Å². The maximum absolute atomic E-state index is 11.3. The van der Waals surface area contributed by atoms with Crippen molar-refractivity contribution in [3.05, 3.63) is 35.4 Å². The summed E-state index contributed by atoms with van der Waals surface area (Å²) in [4.78, 5) is 22.2. The molecular weight excluding hydrogens is 204 g/mol. The van der Waals surface area contributed by atoms with Gasteiger partial charge in [-0.05, 0) is 19.4 Å². The van der Waals surface area contributed by atoms with E-state index in [-0.39, 0.29) is 0 Å². The maximum Gasteiger partial charge on any atom is 0.313 e. The Labute approximate surface area is 94.7 Å². The molecule has 0 aliphatic rings. The lowest BCUT2D eigenvalue weighted by Gasteiger charge is -2.10. The molecule has 1 atom stereocenters. The standard InChI is InChI=1S/C13H14O3/c1-9-4-6-11(7-5-9)12(8-14)10(2)13(15)16-3/h4-7,10H,1-3H3. The molecule has 3 nitrogen and oxygen atoms in total. The Morgan fingerprint density at radius 2 is 1.88 bits per heavy atom. The summed E-state index contributed by atoms with van der Waals surface area (Å²) in [7, 11) is 1.30. The molecule has 0 aliphatic carbocycles. The van der Waals surface area contributed by atoms with E-state index in [9.17, 15) is 9.59 Å². The summed E-state index contributed by atoms with van der Waals surface area (Å²) >= 11 is 0. The third-order valence-corrected chi connectivity index (χ3v) is 2.46. The van der Waals surface area contributed by atoms with Crippen molar-refractivity contribution in [1.82, 2.24) is 0 Å². The molecule has 84 valence electrons. The summed E-state index contributed by atoms with van der Waals surface area (Å²) < 4.78 is 4.60. The zero-order valence-electron chi connectivity index (χ0n) is 9.61. The van der Waals surface area contributed by atoms with Gasteiger partial charge in [-0.2, -0.15) is 0 Å². The number of hydrogen-bond acceptors (Lipinski definition) is 3. The Balaban J connectivity index is 3.05. The average Bonchev–Trinajstić information content (AvgIpc) is 2.31. The molecule has 0 N–H and O–H groups in total. The molecule has 0 saturated heterocycles. The Hall–Kier alpha value is -1.86. The first-order chi connectivity index (χ1) is 7.60. The van der Waals surface area contributed by atoms with Gasteiger partial charge in [-0.1, -0.05) is 29.8 Å². The van der Waals surface area contributed by atoms with Gasteiger partial charge in [0.15, 0.2) is 0 Å². The van der Waals surface area contributed by atoms with Gasteiger partial charge in [0.2, 0.25) is 0 Å². The minimum atomic E-state index is -0.592. The molecule has 0 spiro atoms. The zero-order valence-corrected chi connectivity index (χ0v) is 9.61. The van der Waals surface area contributed by atoms with Crippen molar-refractivity contribution < 1.29 is 14.3 Å². The van der Waals surface area contributed by atoms with E-state index in [1.165, 1.54) is 7.11 Å². The molecule has 0 fully saturated rings. The van der Waals surface area contributed by atoms with E-state index < -0.39 is 11.9 Å². The van der Waals surface area contributed by atoms with E-state index in [0.717, 1.165) is 5.56 Å². The highest BCUT2D eigenvalue weighted by Gasteiger charge is 2.20. The van der Waals surface area contributed by atoms with Gasteiger partial charge in [-0.25, -0.2) is 4.79 Å². The predicted octanol–water partition coefficient (Wildman–Crippen LogP) is 2.02. The second kappa shape index (κ2) is 5.29. The molecule has 0 saturated carbocycles. The van der Waals surface area contributed by atoms with E-state index >= 15 is 0 Å². The van der Waals surface area contributed by atoms with Crippen molar-refractivity contribution >= 4 is 17.5 Å². The lowest BCUT2D eigenvalue weighted by Crippen LogP contribution is -2.14. The Kier molecular flexibility index (Phi) is 4.03. The SMILES string of the molecule is COC(=O)C(C)C(=C=O)c1ccc(C)cc1. The zero-order chi connectivity index (χ0) is 12.1. The summed E-state index contributed by atoms with van der Waals surface area (Å²) in [6.45, 7) is 3.59. The highest BCUT2D eigenvalue weighted by molar-refractivity contribution is 5.98. The monoisotopic (exact) mass is 218 g/mol. The Morgan fingerprint density at radius 3 is 2.31 bits per heavy atom. The molecule has 16 heavy (non-hydrogen) atoms. The van der Waals surface area contributed by atoms with E-state index in [2.05, 4.69) is 4.74 Å². The van der Waals surface area contributed by atoms with Crippen LogP contribution in [-0.2, 0) is 14.3 Å². The van der Waals surface area contributed by atoms with Gasteiger partial charge in [-0.3, -0.25) is 4.79 Å². The van der Waals surface area contributed by atoms with E-state index in [4.69, 9.17) is 0 Å². The highest BCUT2D eigenvalue weighted by atomic mass is 16.5. The predicted molar refractivity (Wildman–Crippen MR) is 61.5 cm³/mol. The van der Waals surface area contributed by atoms with Gasteiger partial charge in [0, 0.05) is 0 Å². The normalized spacial score (nSPS) is 11.4. The maximum atomic E-state index is 11.3. The number of benzene rings is 1. The smallest absolute Gasteiger partial charge is 0.313 e.